The highest BCUT2D eigenvalue weighted by atomic mass is 79.9. The Morgan fingerprint density at radius 2 is 1.20 bits per heavy atom. The highest BCUT2D eigenvalue weighted by molar-refractivity contribution is 9.09. The molecule has 0 bridgehead atoms. The fraction of sp³-hybridized carbons (Fsp3) is 0.120. The molecule has 0 aliphatic rings. The SMILES string of the molecule is BrCc1noc2ccccc12.O=C(O)C(Br)c1noc2ccccc12.O=S(=O)(Cl)c1ccc2onc(CBr)c2c1.O=S(=O)(O)Cl. The molecule has 0 spiro atoms. The molecule has 13 nitrogen and oxygen atoms in total. The number of fused-ring (bicyclic) bond motifs is 3. The highest BCUT2D eigenvalue weighted by Gasteiger charge is 2.22. The lowest BCUT2D eigenvalue weighted by Gasteiger charge is -1.98. The molecule has 6 rings (SSSR count). The van der Waals surface area contributed by atoms with Gasteiger partial charge in [-0.3, -0.25) is 9.35 Å². The van der Waals surface area contributed by atoms with Crippen LogP contribution in [0.3, 0.4) is 0 Å². The van der Waals surface area contributed by atoms with Gasteiger partial charge in [0.2, 0.25) is 0 Å². The summed E-state index contributed by atoms with van der Waals surface area (Å²) >= 11 is 9.59. The van der Waals surface area contributed by atoms with Crippen LogP contribution in [0.1, 0.15) is 21.9 Å². The fourth-order valence-electron chi connectivity index (χ4n) is 3.46. The van der Waals surface area contributed by atoms with Crippen molar-refractivity contribution in [2.45, 2.75) is 20.4 Å². The first-order valence-corrected chi connectivity index (χ1v) is 19.5. The molecule has 0 radical (unpaired) electrons. The van der Waals surface area contributed by atoms with E-state index in [9.17, 15) is 13.2 Å². The van der Waals surface area contributed by atoms with Crippen molar-refractivity contribution in [3.05, 3.63) is 83.8 Å². The summed E-state index contributed by atoms with van der Waals surface area (Å²) in [5.41, 5.74) is 3.98. The van der Waals surface area contributed by atoms with E-state index in [0.29, 0.717) is 33.3 Å². The predicted molar refractivity (Wildman–Crippen MR) is 177 cm³/mol. The van der Waals surface area contributed by atoms with Gasteiger partial charge in [-0.05, 0) is 42.5 Å². The van der Waals surface area contributed by atoms with Crippen LogP contribution in [-0.4, -0.2) is 47.9 Å². The zero-order valence-corrected chi connectivity index (χ0v) is 30.0. The molecule has 6 aromatic rings. The normalized spacial score (nSPS) is 12.0. The van der Waals surface area contributed by atoms with E-state index >= 15 is 0 Å². The first-order chi connectivity index (χ1) is 21.1. The Kier molecular flexibility index (Phi) is 13.4. The van der Waals surface area contributed by atoms with Crippen molar-refractivity contribution in [1.29, 1.82) is 0 Å². The van der Waals surface area contributed by atoms with Gasteiger partial charge in [0, 0.05) is 48.2 Å². The molecule has 0 amide bonds. The number of para-hydroxylation sites is 2. The molecule has 45 heavy (non-hydrogen) atoms. The molecule has 240 valence electrons. The van der Waals surface area contributed by atoms with Crippen LogP contribution >= 0.6 is 69.2 Å². The number of hydrogen-bond donors (Lipinski definition) is 2. The molecule has 20 heteroatoms. The molecule has 1 atom stereocenters. The summed E-state index contributed by atoms with van der Waals surface area (Å²) in [6, 6.07) is 19.3. The van der Waals surface area contributed by atoms with Gasteiger partial charge in [-0.15, -0.1) is 0 Å². The van der Waals surface area contributed by atoms with E-state index in [1.165, 1.54) is 18.2 Å². The number of aliphatic carboxylic acids is 1. The van der Waals surface area contributed by atoms with Gasteiger partial charge in [-0.1, -0.05) is 87.5 Å². The minimum Gasteiger partial charge on any atom is -0.480 e. The van der Waals surface area contributed by atoms with Crippen LogP contribution in [0, 0.1) is 0 Å². The van der Waals surface area contributed by atoms with Crippen molar-refractivity contribution >= 4 is 126 Å². The molecule has 1 unspecified atom stereocenters. The van der Waals surface area contributed by atoms with Crippen LogP contribution in [0.4, 0.5) is 0 Å². The average Bonchev–Trinajstić information content (AvgIpc) is 3.72. The van der Waals surface area contributed by atoms with Gasteiger partial charge in [0.25, 0.3) is 9.05 Å². The molecule has 3 aromatic heterocycles. The Morgan fingerprint density at radius 1 is 0.756 bits per heavy atom. The molecular formula is C25H18Br3Cl2N3O10S2. The van der Waals surface area contributed by atoms with Crippen molar-refractivity contribution in [3.63, 3.8) is 0 Å². The van der Waals surface area contributed by atoms with E-state index in [0.717, 1.165) is 27.4 Å². The second-order valence-electron chi connectivity index (χ2n) is 8.29. The van der Waals surface area contributed by atoms with E-state index in [1.807, 2.05) is 30.3 Å². The highest BCUT2D eigenvalue weighted by Crippen LogP contribution is 2.29. The second kappa shape index (κ2) is 16.3. The van der Waals surface area contributed by atoms with Gasteiger partial charge in [-0.25, -0.2) is 8.42 Å². The lowest BCUT2D eigenvalue weighted by Crippen LogP contribution is -2.04. The number of halogens is 5. The number of aromatic nitrogens is 3. The number of benzene rings is 3. The lowest BCUT2D eigenvalue weighted by molar-refractivity contribution is -0.136. The maximum Gasteiger partial charge on any atom is 0.353 e. The summed E-state index contributed by atoms with van der Waals surface area (Å²) in [4.78, 5) is 9.93. The van der Waals surface area contributed by atoms with Crippen LogP contribution in [0.15, 0.2) is 85.2 Å². The minimum absolute atomic E-state index is 0.0436. The molecule has 3 heterocycles. The van der Waals surface area contributed by atoms with Gasteiger partial charge in [0.05, 0.1) is 4.90 Å². The number of hydrogen-bond acceptors (Lipinski definition) is 11. The van der Waals surface area contributed by atoms with Crippen LogP contribution in [0.2, 0.25) is 0 Å². The third-order valence-electron chi connectivity index (χ3n) is 5.37. The molecule has 3 aromatic carbocycles. The van der Waals surface area contributed by atoms with Gasteiger partial charge in [-0.2, -0.15) is 8.42 Å². The molecule has 0 fully saturated rings. The Balaban J connectivity index is 0.000000173. The molecule has 0 saturated carbocycles. The van der Waals surface area contributed by atoms with E-state index in [-0.39, 0.29) is 4.90 Å². The summed E-state index contributed by atoms with van der Waals surface area (Å²) in [5.74, 6) is -0.982. The molecule has 2 N–H and O–H groups in total. The maximum absolute atomic E-state index is 11.1. The summed E-state index contributed by atoms with van der Waals surface area (Å²) in [6.07, 6.45) is 0. The zero-order chi connectivity index (χ0) is 33.4. The largest absolute Gasteiger partial charge is 0.480 e. The van der Waals surface area contributed by atoms with Crippen molar-refractivity contribution in [1.82, 2.24) is 15.5 Å². The number of nitrogens with zero attached hydrogens (tertiary/aromatic N) is 3. The van der Waals surface area contributed by atoms with Crippen molar-refractivity contribution in [2.75, 3.05) is 0 Å². The van der Waals surface area contributed by atoms with Crippen LogP contribution in [-0.2, 0) is 33.8 Å². The predicted octanol–water partition coefficient (Wildman–Crippen LogP) is 7.75. The maximum atomic E-state index is 11.1. The van der Waals surface area contributed by atoms with Gasteiger partial charge < -0.3 is 18.7 Å². The third-order valence-corrected chi connectivity index (χ3v) is 8.60. The summed E-state index contributed by atoms with van der Waals surface area (Å²) in [5, 5.41) is 23.9. The number of carboxylic acid groups (broad SMARTS) is 1. The number of rotatable bonds is 5. The van der Waals surface area contributed by atoms with Gasteiger partial charge in [0.1, 0.15) is 17.1 Å². The minimum atomic E-state index is -4.19. The van der Waals surface area contributed by atoms with Crippen LogP contribution < -0.4 is 0 Å². The topological polar surface area (TPSA) is 204 Å². The summed E-state index contributed by atoms with van der Waals surface area (Å²) in [6.45, 7) is 0. The van der Waals surface area contributed by atoms with Crippen molar-refractivity contribution in [3.8, 4) is 0 Å². The second-order valence-corrected chi connectivity index (χ2v) is 14.9. The van der Waals surface area contributed by atoms with E-state index < -0.39 is 29.2 Å². The monoisotopic (exact) mass is 891 g/mol. The first-order valence-electron chi connectivity index (χ1n) is 11.8. The number of carbonyl (C=O) groups is 1. The van der Waals surface area contributed by atoms with Crippen molar-refractivity contribution in [2.24, 2.45) is 0 Å². The van der Waals surface area contributed by atoms with Gasteiger partial charge >= 0.3 is 15.3 Å². The average molecular weight is 895 g/mol. The molecule has 0 aliphatic carbocycles. The first kappa shape index (κ1) is 36.9. The van der Waals surface area contributed by atoms with E-state index in [4.69, 9.17) is 42.3 Å². The Morgan fingerprint density at radius 3 is 1.71 bits per heavy atom. The van der Waals surface area contributed by atoms with Crippen molar-refractivity contribution < 1.29 is 44.9 Å². The van der Waals surface area contributed by atoms with E-state index in [2.05, 4.69) is 73.9 Å². The van der Waals surface area contributed by atoms with E-state index in [1.54, 1.807) is 18.2 Å². The van der Waals surface area contributed by atoms with Crippen LogP contribution in [0.25, 0.3) is 32.9 Å². The zero-order valence-electron chi connectivity index (χ0n) is 22.1. The Labute approximate surface area is 288 Å². The summed E-state index contributed by atoms with van der Waals surface area (Å²) < 4.78 is 62.4. The Bertz CT molecular complexity index is 2130. The van der Waals surface area contributed by atoms with Crippen LogP contribution in [0.5, 0.6) is 0 Å². The number of carboxylic acids is 1. The molecule has 0 saturated heterocycles. The van der Waals surface area contributed by atoms with Gasteiger partial charge in [0.15, 0.2) is 21.6 Å². The quantitative estimate of drug-likeness (QED) is 0.0967. The summed E-state index contributed by atoms with van der Waals surface area (Å²) in [7, 11) is 1.38. The molecular weight excluding hydrogens is 877 g/mol. The smallest absolute Gasteiger partial charge is 0.353 e. The third kappa shape index (κ3) is 10.7. The lowest BCUT2D eigenvalue weighted by atomic mass is 10.2. The Hall–Kier alpha value is -2.58. The standard InChI is InChI=1S/C9H6BrNO3.C8H5BrClNO3S.C8H6BrNO.ClHO3S/c10-7(9(12)13)8-5-3-1-2-4-6(5)14-11-8;9-4-7-6-3-5(15(10,12)13)1-2-8(6)14-11-7;9-5-7-6-3-1-2-4-8(6)11-10-7;1-5(2,3)4/h1-4,7H,(H,12,13);1-3H,4H2;1-4H,5H2;(H,2,3,4). The number of alkyl halides is 3. The fourth-order valence-corrected chi connectivity index (χ4v) is 5.37. The molecule has 0 aliphatic heterocycles.